The first kappa shape index (κ1) is 18.2. The minimum atomic E-state index is -3.68. The van der Waals surface area contributed by atoms with Gasteiger partial charge in [0.05, 0.1) is 4.90 Å². The zero-order valence-corrected chi connectivity index (χ0v) is 14.6. The van der Waals surface area contributed by atoms with Gasteiger partial charge in [-0.15, -0.1) is 0 Å². The second kappa shape index (κ2) is 8.08. The summed E-state index contributed by atoms with van der Waals surface area (Å²) in [6, 6.07) is 15.3. The predicted octanol–water partition coefficient (Wildman–Crippen LogP) is 2.55. The van der Waals surface area contributed by atoms with E-state index >= 15 is 0 Å². The van der Waals surface area contributed by atoms with E-state index in [1.807, 2.05) is 44.2 Å². The second-order valence-electron chi connectivity index (χ2n) is 5.94. The molecule has 0 bridgehead atoms. The Kier molecular flexibility index (Phi) is 6.11. The van der Waals surface area contributed by atoms with Gasteiger partial charge in [0, 0.05) is 18.7 Å². The van der Waals surface area contributed by atoms with Gasteiger partial charge in [0.15, 0.2) is 0 Å². The first-order valence-electron chi connectivity index (χ1n) is 7.80. The highest BCUT2D eigenvalue weighted by atomic mass is 32.2. The van der Waals surface area contributed by atoms with Gasteiger partial charge in [-0.2, -0.15) is 0 Å². The van der Waals surface area contributed by atoms with Gasteiger partial charge in [-0.05, 0) is 29.7 Å². The van der Waals surface area contributed by atoms with Gasteiger partial charge in [0.1, 0.15) is 0 Å². The highest BCUT2D eigenvalue weighted by molar-refractivity contribution is 7.89. The molecule has 6 heteroatoms. The highest BCUT2D eigenvalue weighted by Gasteiger charge is 2.16. The van der Waals surface area contributed by atoms with E-state index < -0.39 is 10.0 Å². The van der Waals surface area contributed by atoms with Crippen molar-refractivity contribution in [3.05, 3.63) is 65.7 Å². The summed E-state index contributed by atoms with van der Waals surface area (Å²) >= 11 is 0. The number of benzene rings is 2. The number of rotatable bonds is 7. The Hall–Kier alpha value is -2.18. The first-order valence-corrected chi connectivity index (χ1v) is 9.28. The fourth-order valence-corrected chi connectivity index (χ4v) is 3.12. The van der Waals surface area contributed by atoms with E-state index in [9.17, 15) is 13.2 Å². The summed E-state index contributed by atoms with van der Waals surface area (Å²) in [6.45, 7) is 4.73. The number of amides is 1. The molecule has 2 aromatic carbocycles. The third kappa shape index (κ3) is 5.18. The third-order valence-corrected chi connectivity index (χ3v) is 4.79. The lowest BCUT2D eigenvalue weighted by molar-refractivity contribution is 0.0949. The number of sulfonamides is 1. The van der Waals surface area contributed by atoms with E-state index in [4.69, 9.17) is 0 Å². The molecule has 0 aliphatic heterocycles. The summed E-state index contributed by atoms with van der Waals surface area (Å²) in [6.07, 6.45) is 0. The highest BCUT2D eigenvalue weighted by Crippen LogP contribution is 2.12. The Morgan fingerprint density at radius 3 is 2.42 bits per heavy atom. The summed E-state index contributed by atoms with van der Waals surface area (Å²) in [7, 11) is -3.68. The van der Waals surface area contributed by atoms with Crippen LogP contribution < -0.4 is 10.0 Å². The lowest BCUT2D eigenvalue weighted by Crippen LogP contribution is -2.28. The Labute approximate surface area is 143 Å². The molecule has 0 unspecified atom stereocenters. The van der Waals surface area contributed by atoms with Crippen molar-refractivity contribution in [2.45, 2.75) is 25.3 Å². The summed E-state index contributed by atoms with van der Waals surface area (Å²) in [4.78, 5) is 12.2. The van der Waals surface area contributed by atoms with E-state index in [2.05, 4.69) is 10.0 Å². The average molecular weight is 346 g/mol. The monoisotopic (exact) mass is 346 g/mol. The van der Waals surface area contributed by atoms with Gasteiger partial charge in [-0.1, -0.05) is 50.2 Å². The maximum absolute atomic E-state index is 12.4. The molecule has 0 aliphatic carbocycles. The van der Waals surface area contributed by atoms with Crippen molar-refractivity contribution >= 4 is 15.9 Å². The summed E-state index contributed by atoms with van der Waals surface area (Å²) in [5, 5.41) is 2.78. The Morgan fingerprint density at radius 2 is 1.75 bits per heavy atom. The molecule has 5 nitrogen and oxygen atoms in total. The van der Waals surface area contributed by atoms with Crippen LogP contribution in [0.3, 0.4) is 0 Å². The van der Waals surface area contributed by atoms with Crippen LogP contribution in [0, 0.1) is 5.92 Å². The normalized spacial score (nSPS) is 11.5. The van der Waals surface area contributed by atoms with Crippen molar-refractivity contribution < 1.29 is 13.2 Å². The Balaban J connectivity index is 2.10. The van der Waals surface area contributed by atoms with Gasteiger partial charge in [0.2, 0.25) is 10.0 Å². The minimum absolute atomic E-state index is 0.0793. The van der Waals surface area contributed by atoms with E-state index in [1.165, 1.54) is 12.1 Å². The van der Waals surface area contributed by atoms with Crippen LogP contribution >= 0.6 is 0 Å². The molecular weight excluding hydrogens is 324 g/mol. The number of carbonyl (C=O) groups is 1. The van der Waals surface area contributed by atoms with Crippen molar-refractivity contribution in [3.8, 4) is 0 Å². The fraction of sp³-hybridized carbons (Fsp3) is 0.278. The van der Waals surface area contributed by atoms with Crippen LogP contribution in [-0.4, -0.2) is 20.9 Å². The number of hydrogen-bond acceptors (Lipinski definition) is 3. The zero-order valence-electron chi connectivity index (χ0n) is 13.8. The number of carbonyl (C=O) groups excluding carboxylic acids is 1. The molecular formula is C18H22N2O3S. The summed E-state index contributed by atoms with van der Waals surface area (Å²) in [5.41, 5.74) is 1.20. The van der Waals surface area contributed by atoms with Gasteiger partial charge < -0.3 is 5.32 Å². The minimum Gasteiger partial charge on any atom is -0.352 e. The molecule has 2 rings (SSSR count). The first-order chi connectivity index (χ1) is 11.4. The smallest absolute Gasteiger partial charge is 0.251 e. The molecule has 0 atom stereocenters. The van der Waals surface area contributed by atoms with E-state index in [0.29, 0.717) is 18.0 Å². The quantitative estimate of drug-likeness (QED) is 0.809. The van der Waals surface area contributed by atoms with Crippen molar-refractivity contribution in [3.63, 3.8) is 0 Å². The summed E-state index contributed by atoms with van der Waals surface area (Å²) < 4.78 is 27.4. The van der Waals surface area contributed by atoms with Crippen LogP contribution in [0.5, 0.6) is 0 Å². The molecule has 0 saturated carbocycles. The molecule has 2 N–H and O–H groups in total. The third-order valence-electron chi connectivity index (χ3n) is 3.39. The van der Waals surface area contributed by atoms with Crippen LogP contribution in [0.2, 0.25) is 0 Å². The molecule has 0 radical (unpaired) electrons. The van der Waals surface area contributed by atoms with Crippen molar-refractivity contribution in [1.82, 2.24) is 10.0 Å². The van der Waals surface area contributed by atoms with Crippen molar-refractivity contribution in [2.24, 2.45) is 5.92 Å². The standard InChI is InChI=1S/C18H22N2O3S/c1-14(2)12-19-18(21)16-9-6-10-17(11-16)24(22,23)20-13-15-7-4-3-5-8-15/h3-11,14,20H,12-13H2,1-2H3,(H,19,21). The van der Waals surface area contributed by atoms with Crippen LogP contribution in [0.15, 0.2) is 59.5 Å². The van der Waals surface area contributed by atoms with Gasteiger partial charge in [-0.25, -0.2) is 13.1 Å². The molecule has 0 fully saturated rings. The molecule has 1 amide bonds. The second-order valence-corrected chi connectivity index (χ2v) is 7.71. The topological polar surface area (TPSA) is 75.3 Å². The van der Waals surface area contributed by atoms with E-state index in [-0.39, 0.29) is 17.3 Å². The Morgan fingerprint density at radius 1 is 1.04 bits per heavy atom. The predicted molar refractivity (Wildman–Crippen MR) is 94.1 cm³/mol. The van der Waals surface area contributed by atoms with Crippen molar-refractivity contribution in [1.29, 1.82) is 0 Å². The van der Waals surface area contributed by atoms with Gasteiger partial charge >= 0.3 is 0 Å². The molecule has 0 heterocycles. The zero-order chi connectivity index (χ0) is 17.6. The largest absolute Gasteiger partial charge is 0.352 e. The van der Waals surface area contributed by atoms with Crippen LogP contribution in [0.1, 0.15) is 29.8 Å². The molecule has 0 spiro atoms. The Bertz CT molecular complexity index is 787. The maximum Gasteiger partial charge on any atom is 0.251 e. The van der Waals surface area contributed by atoms with Crippen LogP contribution in [0.4, 0.5) is 0 Å². The molecule has 0 aliphatic rings. The molecule has 24 heavy (non-hydrogen) atoms. The lowest BCUT2D eigenvalue weighted by Gasteiger charge is -2.10. The fourth-order valence-electron chi connectivity index (χ4n) is 2.06. The number of hydrogen-bond donors (Lipinski definition) is 2. The molecule has 0 aromatic heterocycles. The number of nitrogens with one attached hydrogen (secondary N) is 2. The van der Waals surface area contributed by atoms with Gasteiger partial charge in [0.25, 0.3) is 5.91 Å². The lowest BCUT2D eigenvalue weighted by atomic mass is 10.2. The molecule has 2 aromatic rings. The SMILES string of the molecule is CC(C)CNC(=O)c1cccc(S(=O)(=O)NCc2ccccc2)c1. The van der Waals surface area contributed by atoms with Gasteiger partial charge in [-0.3, -0.25) is 4.79 Å². The summed E-state index contributed by atoms with van der Waals surface area (Å²) in [5.74, 6) is 0.0530. The molecule has 128 valence electrons. The van der Waals surface area contributed by atoms with E-state index in [0.717, 1.165) is 5.56 Å². The van der Waals surface area contributed by atoms with Crippen LogP contribution in [-0.2, 0) is 16.6 Å². The average Bonchev–Trinajstić information content (AvgIpc) is 2.59. The van der Waals surface area contributed by atoms with E-state index in [1.54, 1.807) is 12.1 Å². The van der Waals surface area contributed by atoms with Crippen molar-refractivity contribution in [2.75, 3.05) is 6.54 Å². The maximum atomic E-state index is 12.4. The molecule has 0 saturated heterocycles. The van der Waals surface area contributed by atoms with Crippen LogP contribution in [0.25, 0.3) is 0 Å².